The number of rotatable bonds is 4. The number of likely N-dealkylation sites (tertiary alicyclic amines) is 1. The predicted octanol–water partition coefficient (Wildman–Crippen LogP) is 3.60. The van der Waals surface area contributed by atoms with Crippen molar-refractivity contribution in [3.8, 4) is 0 Å². The summed E-state index contributed by atoms with van der Waals surface area (Å²) in [5, 5.41) is 0.770. The lowest BCUT2D eigenvalue weighted by molar-refractivity contribution is -0.133. The van der Waals surface area contributed by atoms with Gasteiger partial charge in [-0.15, -0.1) is 12.4 Å². The van der Waals surface area contributed by atoms with E-state index in [1.807, 2.05) is 17.0 Å². The first-order chi connectivity index (χ1) is 9.61. The quantitative estimate of drug-likeness (QED) is 0.916. The standard InChI is InChI=1S/C16H23ClN2O.ClH/c1-2-3-15(18)16(20)19-10-8-13(9-11-19)12-4-6-14(17)7-5-12;/h4-7,13,15H,2-3,8-11,18H2,1H3;1H. The fraction of sp³-hybridized carbons (Fsp3) is 0.562. The molecule has 1 saturated heterocycles. The molecule has 1 amide bonds. The zero-order valence-electron chi connectivity index (χ0n) is 12.4. The Kier molecular flexibility index (Phi) is 7.50. The second-order valence-corrected chi connectivity index (χ2v) is 5.98. The number of amides is 1. The Morgan fingerprint density at radius 1 is 1.33 bits per heavy atom. The summed E-state index contributed by atoms with van der Waals surface area (Å²) in [6.07, 6.45) is 3.74. The van der Waals surface area contributed by atoms with Crippen LogP contribution in [0, 0.1) is 0 Å². The van der Waals surface area contributed by atoms with Crippen molar-refractivity contribution < 1.29 is 4.79 Å². The molecule has 1 unspecified atom stereocenters. The Bertz CT molecular complexity index is 442. The molecule has 1 heterocycles. The third-order valence-electron chi connectivity index (χ3n) is 4.06. The molecule has 118 valence electrons. The van der Waals surface area contributed by atoms with Gasteiger partial charge in [0.1, 0.15) is 0 Å². The highest BCUT2D eigenvalue weighted by Gasteiger charge is 2.26. The van der Waals surface area contributed by atoms with Crippen LogP contribution in [-0.2, 0) is 4.79 Å². The zero-order valence-corrected chi connectivity index (χ0v) is 14.0. The molecule has 1 aliphatic heterocycles. The summed E-state index contributed by atoms with van der Waals surface area (Å²) in [6, 6.07) is 7.73. The van der Waals surface area contributed by atoms with Crippen molar-refractivity contribution in [2.45, 2.75) is 44.6 Å². The van der Waals surface area contributed by atoms with E-state index in [0.29, 0.717) is 5.92 Å². The van der Waals surface area contributed by atoms with Crippen LogP contribution < -0.4 is 5.73 Å². The van der Waals surface area contributed by atoms with Crippen LogP contribution in [-0.4, -0.2) is 29.9 Å². The van der Waals surface area contributed by atoms with E-state index in [4.69, 9.17) is 17.3 Å². The third kappa shape index (κ3) is 4.87. The average Bonchev–Trinajstić information content (AvgIpc) is 2.48. The Labute approximate surface area is 138 Å². The summed E-state index contributed by atoms with van der Waals surface area (Å²) in [4.78, 5) is 14.1. The van der Waals surface area contributed by atoms with Crippen LogP contribution in [0.5, 0.6) is 0 Å². The molecule has 1 fully saturated rings. The number of hydrogen-bond acceptors (Lipinski definition) is 2. The Morgan fingerprint density at radius 3 is 2.43 bits per heavy atom. The second kappa shape index (κ2) is 8.62. The molecule has 0 aromatic heterocycles. The molecule has 0 aliphatic carbocycles. The van der Waals surface area contributed by atoms with Crippen molar-refractivity contribution >= 4 is 29.9 Å². The summed E-state index contributed by atoms with van der Waals surface area (Å²) in [6.45, 7) is 3.67. The number of benzene rings is 1. The van der Waals surface area contributed by atoms with Crippen molar-refractivity contribution in [2.75, 3.05) is 13.1 Å². The van der Waals surface area contributed by atoms with Crippen LogP contribution in [0.15, 0.2) is 24.3 Å². The van der Waals surface area contributed by atoms with Crippen LogP contribution in [0.3, 0.4) is 0 Å². The minimum absolute atomic E-state index is 0. The van der Waals surface area contributed by atoms with Gasteiger partial charge in [-0.05, 0) is 42.9 Å². The van der Waals surface area contributed by atoms with Crippen LogP contribution in [0.25, 0.3) is 0 Å². The monoisotopic (exact) mass is 330 g/mol. The van der Waals surface area contributed by atoms with Crippen LogP contribution in [0.2, 0.25) is 5.02 Å². The number of hydrogen-bond donors (Lipinski definition) is 1. The minimum atomic E-state index is -0.327. The lowest BCUT2D eigenvalue weighted by Gasteiger charge is -2.33. The van der Waals surface area contributed by atoms with Gasteiger partial charge >= 0.3 is 0 Å². The molecule has 21 heavy (non-hydrogen) atoms. The molecule has 2 rings (SSSR count). The first kappa shape index (κ1) is 18.3. The van der Waals surface area contributed by atoms with Crippen molar-refractivity contribution in [3.63, 3.8) is 0 Å². The number of nitrogens with two attached hydrogens (primary N) is 1. The van der Waals surface area contributed by atoms with E-state index in [2.05, 4.69) is 19.1 Å². The lowest BCUT2D eigenvalue weighted by atomic mass is 9.89. The van der Waals surface area contributed by atoms with E-state index >= 15 is 0 Å². The van der Waals surface area contributed by atoms with E-state index in [1.165, 1.54) is 5.56 Å². The van der Waals surface area contributed by atoms with Crippen molar-refractivity contribution in [2.24, 2.45) is 5.73 Å². The number of carbonyl (C=O) groups is 1. The van der Waals surface area contributed by atoms with E-state index in [1.54, 1.807) is 0 Å². The minimum Gasteiger partial charge on any atom is -0.341 e. The highest BCUT2D eigenvalue weighted by atomic mass is 35.5. The van der Waals surface area contributed by atoms with Crippen molar-refractivity contribution in [1.82, 2.24) is 4.90 Å². The Balaban J connectivity index is 0.00000220. The van der Waals surface area contributed by atoms with Crippen LogP contribution in [0.4, 0.5) is 0 Å². The van der Waals surface area contributed by atoms with E-state index in [0.717, 1.165) is 43.8 Å². The molecule has 3 nitrogen and oxygen atoms in total. The number of halogens is 2. The number of nitrogens with zero attached hydrogens (tertiary/aromatic N) is 1. The van der Waals surface area contributed by atoms with Gasteiger partial charge < -0.3 is 10.6 Å². The van der Waals surface area contributed by atoms with Crippen LogP contribution in [0.1, 0.15) is 44.1 Å². The third-order valence-corrected chi connectivity index (χ3v) is 4.32. The summed E-state index contributed by atoms with van der Waals surface area (Å²) < 4.78 is 0. The zero-order chi connectivity index (χ0) is 14.5. The maximum atomic E-state index is 12.2. The van der Waals surface area contributed by atoms with Gasteiger partial charge in [-0.2, -0.15) is 0 Å². The first-order valence-corrected chi connectivity index (χ1v) is 7.79. The number of carbonyl (C=O) groups excluding carboxylic acids is 1. The highest BCUT2D eigenvalue weighted by molar-refractivity contribution is 6.30. The van der Waals surface area contributed by atoms with Crippen molar-refractivity contribution in [3.05, 3.63) is 34.9 Å². The normalized spacial score (nSPS) is 17.2. The van der Waals surface area contributed by atoms with Gasteiger partial charge in [-0.25, -0.2) is 0 Å². The Hall–Kier alpha value is -0.770. The van der Waals surface area contributed by atoms with Gasteiger partial charge in [-0.3, -0.25) is 4.79 Å². The fourth-order valence-electron chi connectivity index (χ4n) is 2.84. The molecule has 5 heteroatoms. The molecular formula is C16H24Cl2N2O. The molecule has 0 saturated carbocycles. The fourth-order valence-corrected chi connectivity index (χ4v) is 2.96. The maximum absolute atomic E-state index is 12.2. The van der Waals surface area contributed by atoms with E-state index in [9.17, 15) is 4.79 Å². The SMILES string of the molecule is CCCC(N)C(=O)N1CCC(c2ccc(Cl)cc2)CC1.Cl. The molecular weight excluding hydrogens is 307 g/mol. The molecule has 1 aromatic rings. The molecule has 0 spiro atoms. The maximum Gasteiger partial charge on any atom is 0.239 e. The van der Waals surface area contributed by atoms with Crippen LogP contribution >= 0.6 is 24.0 Å². The molecule has 1 atom stereocenters. The summed E-state index contributed by atoms with van der Waals surface area (Å²) in [5.41, 5.74) is 7.23. The van der Waals surface area contributed by atoms with Gasteiger partial charge in [0.25, 0.3) is 0 Å². The van der Waals surface area contributed by atoms with Gasteiger partial charge in [0.15, 0.2) is 0 Å². The highest BCUT2D eigenvalue weighted by Crippen LogP contribution is 2.29. The lowest BCUT2D eigenvalue weighted by Crippen LogP contribution is -2.46. The average molecular weight is 331 g/mol. The second-order valence-electron chi connectivity index (χ2n) is 5.55. The van der Waals surface area contributed by atoms with Gasteiger partial charge in [0.05, 0.1) is 6.04 Å². The number of piperidine rings is 1. The Morgan fingerprint density at radius 2 is 1.90 bits per heavy atom. The summed E-state index contributed by atoms with van der Waals surface area (Å²) >= 11 is 5.91. The van der Waals surface area contributed by atoms with Gasteiger partial charge in [0, 0.05) is 18.1 Å². The largest absolute Gasteiger partial charge is 0.341 e. The molecule has 0 radical (unpaired) electrons. The summed E-state index contributed by atoms with van der Waals surface area (Å²) in [5.74, 6) is 0.639. The smallest absolute Gasteiger partial charge is 0.239 e. The molecule has 2 N–H and O–H groups in total. The molecule has 0 bridgehead atoms. The van der Waals surface area contributed by atoms with Crippen molar-refractivity contribution in [1.29, 1.82) is 0 Å². The topological polar surface area (TPSA) is 46.3 Å². The van der Waals surface area contributed by atoms with Gasteiger partial charge in [-0.1, -0.05) is 37.1 Å². The van der Waals surface area contributed by atoms with Gasteiger partial charge in [0.2, 0.25) is 5.91 Å². The molecule has 1 aromatic carbocycles. The predicted molar refractivity (Wildman–Crippen MR) is 90.1 cm³/mol. The molecule has 1 aliphatic rings. The van der Waals surface area contributed by atoms with E-state index < -0.39 is 0 Å². The first-order valence-electron chi connectivity index (χ1n) is 7.41. The summed E-state index contributed by atoms with van der Waals surface area (Å²) in [7, 11) is 0. The van der Waals surface area contributed by atoms with E-state index in [-0.39, 0.29) is 24.4 Å².